The van der Waals surface area contributed by atoms with E-state index in [0.717, 1.165) is 40.7 Å². The number of rotatable bonds is 13. The fourth-order valence-corrected chi connectivity index (χ4v) is 9.07. The number of nitrogens with one attached hydrogen (secondary N) is 3. The van der Waals surface area contributed by atoms with Crippen molar-refractivity contribution in [2.75, 3.05) is 75.9 Å². The maximum Gasteiger partial charge on any atom is 0.323 e. The highest BCUT2D eigenvalue weighted by Crippen LogP contribution is 2.43. The lowest BCUT2D eigenvalue weighted by atomic mass is 9.86. The Morgan fingerprint density at radius 3 is 2.28 bits per heavy atom. The van der Waals surface area contributed by atoms with Gasteiger partial charge in [-0.2, -0.15) is 0 Å². The van der Waals surface area contributed by atoms with Crippen LogP contribution in [-0.2, 0) is 27.2 Å². The summed E-state index contributed by atoms with van der Waals surface area (Å²) in [6.07, 6.45) is 2.11. The van der Waals surface area contributed by atoms with Crippen LogP contribution in [0.15, 0.2) is 85.1 Å². The molecule has 1 aromatic heterocycles. The van der Waals surface area contributed by atoms with Gasteiger partial charge in [0.05, 0.1) is 30.9 Å². The standard InChI is InChI=1S/C44H52N5O7PS/c1-44(2,3)31-26-38(41(55-5)40(27-31)57(6,7)52)48-43(51)47-37-12-13-39(36-11-9-8-10-35(36)37)56-33-14-15-45-32(28-33)23-29-22-30(25-34(24-29)54-4)42(50)46-16-17-49-18-20-58(53)21-19-49/h8-15,22,24-28H,16-21,23H2,1-7H3,(H,46,50)(H2,47,48,51). The number of carbonyl (C=O) groups is 2. The fourth-order valence-electron chi connectivity index (χ4n) is 6.79. The topological polar surface area (TPSA) is 148 Å². The van der Waals surface area contributed by atoms with E-state index in [1.807, 2.05) is 54.6 Å². The van der Waals surface area contributed by atoms with E-state index in [-0.39, 0.29) is 11.3 Å². The van der Waals surface area contributed by atoms with Crippen molar-refractivity contribution in [2.24, 2.45) is 0 Å². The summed E-state index contributed by atoms with van der Waals surface area (Å²) >= 11 is 0. The number of methoxy groups -OCH3 is 2. The van der Waals surface area contributed by atoms with Crippen LogP contribution in [0, 0.1) is 0 Å². The van der Waals surface area contributed by atoms with Gasteiger partial charge >= 0.3 is 6.03 Å². The Hall–Kier alpha value is -5.23. The van der Waals surface area contributed by atoms with Gasteiger partial charge in [-0.15, -0.1) is 0 Å². The van der Waals surface area contributed by atoms with Crippen LogP contribution >= 0.6 is 7.14 Å². The molecule has 0 aliphatic carbocycles. The smallest absolute Gasteiger partial charge is 0.323 e. The van der Waals surface area contributed by atoms with E-state index >= 15 is 0 Å². The van der Waals surface area contributed by atoms with Gasteiger partial charge in [0.25, 0.3) is 5.91 Å². The van der Waals surface area contributed by atoms with Crippen LogP contribution in [0.3, 0.4) is 0 Å². The van der Waals surface area contributed by atoms with Gasteiger partial charge in [0.1, 0.15) is 24.4 Å². The van der Waals surface area contributed by atoms with Crippen molar-refractivity contribution in [1.82, 2.24) is 15.2 Å². The van der Waals surface area contributed by atoms with Crippen LogP contribution in [0.4, 0.5) is 16.2 Å². The van der Waals surface area contributed by atoms with E-state index in [4.69, 9.17) is 14.2 Å². The van der Waals surface area contributed by atoms with E-state index in [1.54, 1.807) is 50.9 Å². The molecule has 1 saturated heterocycles. The highest BCUT2D eigenvalue weighted by Gasteiger charge is 2.26. The minimum Gasteiger partial charge on any atom is -0.497 e. The normalized spacial score (nSPS) is 13.8. The second-order valence-electron chi connectivity index (χ2n) is 15.7. The molecule has 14 heteroatoms. The quantitative estimate of drug-likeness (QED) is 0.102. The molecule has 2 heterocycles. The Morgan fingerprint density at radius 1 is 0.862 bits per heavy atom. The van der Waals surface area contributed by atoms with Crippen molar-refractivity contribution in [3.63, 3.8) is 0 Å². The van der Waals surface area contributed by atoms with Crippen LogP contribution in [0.1, 0.15) is 48.0 Å². The minimum absolute atomic E-state index is 0.193. The molecule has 5 aromatic rings. The summed E-state index contributed by atoms with van der Waals surface area (Å²) in [5.74, 6) is 3.25. The number of hydrogen-bond donors (Lipinski definition) is 3. The average molecular weight is 826 g/mol. The monoisotopic (exact) mass is 825 g/mol. The molecular weight excluding hydrogens is 774 g/mol. The number of amides is 3. The molecule has 0 atom stereocenters. The predicted octanol–water partition coefficient (Wildman–Crippen LogP) is 7.62. The number of ether oxygens (including phenoxy) is 3. The van der Waals surface area contributed by atoms with E-state index in [0.29, 0.717) is 76.3 Å². The number of carbonyl (C=O) groups excluding carboxylic acids is 2. The molecule has 1 fully saturated rings. The summed E-state index contributed by atoms with van der Waals surface area (Å²) in [7, 11) is -0.415. The third kappa shape index (κ3) is 10.6. The molecule has 1 aliphatic heterocycles. The molecule has 12 nitrogen and oxygen atoms in total. The SMILES string of the molecule is COc1cc(Cc2cc(Oc3ccc(NC(=O)Nc4cc(C(C)(C)C)cc(P(C)(C)=O)c4OC)c4ccccc34)ccn2)cc(C(=O)NCCN2CCS(=O)CC2)c1. The molecule has 0 bridgehead atoms. The summed E-state index contributed by atoms with van der Waals surface area (Å²) in [6, 6.07) is 23.6. The van der Waals surface area contributed by atoms with Gasteiger partial charge in [-0.25, -0.2) is 4.79 Å². The molecule has 0 unspecified atom stereocenters. The number of hydrogen-bond acceptors (Lipinski definition) is 9. The first-order valence-electron chi connectivity index (χ1n) is 19.2. The number of urea groups is 1. The van der Waals surface area contributed by atoms with Crippen molar-refractivity contribution in [2.45, 2.75) is 32.6 Å². The van der Waals surface area contributed by atoms with Gasteiger partial charge < -0.3 is 34.7 Å². The lowest BCUT2D eigenvalue weighted by molar-refractivity contribution is 0.0948. The van der Waals surface area contributed by atoms with Gasteiger partial charge in [0.2, 0.25) is 0 Å². The largest absolute Gasteiger partial charge is 0.497 e. The van der Waals surface area contributed by atoms with Crippen molar-refractivity contribution in [3.05, 3.63) is 107 Å². The van der Waals surface area contributed by atoms with Gasteiger partial charge in [-0.1, -0.05) is 45.0 Å². The predicted molar refractivity (Wildman–Crippen MR) is 234 cm³/mol. The first-order valence-corrected chi connectivity index (χ1v) is 23.2. The summed E-state index contributed by atoms with van der Waals surface area (Å²) in [4.78, 5) is 33.5. The number of fused-ring (bicyclic) bond motifs is 1. The Bertz CT molecular complexity index is 2380. The second-order valence-corrected chi connectivity index (χ2v) is 20.6. The van der Waals surface area contributed by atoms with E-state index < -0.39 is 24.0 Å². The summed E-state index contributed by atoms with van der Waals surface area (Å²) in [5, 5.41) is 11.1. The number of nitrogens with zero attached hydrogens (tertiary/aromatic N) is 2. The maximum atomic E-state index is 13.6. The van der Waals surface area contributed by atoms with E-state index in [1.165, 1.54) is 7.11 Å². The highest BCUT2D eigenvalue weighted by atomic mass is 32.2. The van der Waals surface area contributed by atoms with Crippen molar-refractivity contribution in [1.29, 1.82) is 0 Å². The lowest BCUT2D eigenvalue weighted by Crippen LogP contribution is -2.42. The average Bonchev–Trinajstić information content (AvgIpc) is 3.18. The first-order chi connectivity index (χ1) is 27.6. The molecule has 4 aromatic carbocycles. The molecule has 0 spiro atoms. The number of pyridine rings is 1. The van der Waals surface area contributed by atoms with Crippen LogP contribution in [0.5, 0.6) is 23.0 Å². The fraction of sp³-hybridized carbons (Fsp3) is 0.341. The van der Waals surface area contributed by atoms with Crippen molar-refractivity contribution >= 4 is 57.3 Å². The van der Waals surface area contributed by atoms with Crippen LogP contribution in [0.25, 0.3) is 10.8 Å². The Labute approximate surface area is 342 Å². The number of anilines is 2. The van der Waals surface area contributed by atoms with Crippen LogP contribution in [-0.4, -0.2) is 91.3 Å². The van der Waals surface area contributed by atoms with Crippen molar-refractivity contribution in [3.8, 4) is 23.0 Å². The Morgan fingerprint density at radius 2 is 1.59 bits per heavy atom. The molecule has 6 rings (SSSR count). The van der Waals surface area contributed by atoms with Gasteiger partial charge in [-0.3, -0.25) is 18.9 Å². The summed E-state index contributed by atoms with van der Waals surface area (Å²) in [6.45, 7) is 12.3. The minimum atomic E-state index is -2.75. The first kappa shape index (κ1) is 42.4. The van der Waals surface area contributed by atoms with Gasteiger partial charge in [-0.05, 0) is 78.4 Å². The molecular formula is C44H52N5O7PS. The zero-order valence-electron chi connectivity index (χ0n) is 34.1. The van der Waals surface area contributed by atoms with Crippen molar-refractivity contribution < 1.29 is 32.6 Å². The zero-order valence-corrected chi connectivity index (χ0v) is 35.9. The molecule has 306 valence electrons. The van der Waals surface area contributed by atoms with Crippen LogP contribution in [0.2, 0.25) is 0 Å². The zero-order chi connectivity index (χ0) is 41.6. The Balaban J connectivity index is 1.16. The van der Waals surface area contributed by atoms with Gasteiger partial charge in [0.15, 0.2) is 5.75 Å². The highest BCUT2D eigenvalue weighted by molar-refractivity contribution is 7.85. The van der Waals surface area contributed by atoms with E-state index in [9.17, 15) is 18.4 Å². The number of aromatic nitrogens is 1. The lowest BCUT2D eigenvalue weighted by Gasteiger charge is -2.25. The van der Waals surface area contributed by atoms with Gasteiger partial charge in [0, 0.05) is 89.2 Å². The molecule has 0 radical (unpaired) electrons. The van der Waals surface area contributed by atoms with Crippen LogP contribution < -0.4 is 35.5 Å². The number of benzene rings is 4. The summed E-state index contributed by atoms with van der Waals surface area (Å²) in [5.41, 5.74) is 3.74. The summed E-state index contributed by atoms with van der Waals surface area (Å²) < 4.78 is 42.6. The molecule has 0 saturated carbocycles. The maximum absolute atomic E-state index is 13.6. The molecule has 1 aliphatic rings. The second kappa shape index (κ2) is 18.1. The van der Waals surface area contributed by atoms with E-state index in [2.05, 4.69) is 46.6 Å². The third-order valence-electron chi connectivity index (χ3n) is 9.95. The Kier molecular flexibility index (Phi) is 13.3. The molecule has 58 heavy (non-hydrogen) atoms. The molecule has 3 amide bonds. The third-order valence-corrected chi connectivity index (χ3v) is 12.7. The molecule has 3 N–H and O–H groups in total.